The molecule has 1 aromatic rings. The summed E-state index contributed by atoms with van der Waals surface area (Å²) in [5.41, 5.74) is 5.30. The van der Waals surface area contributed by atoms with Crippen molar-refractivity contribution in [3.8, 4) is 0 Å². The third-order valence-corrected chi connectivity index (χ3v) is 4.39. The highest BCUT2D eigenvalue weighted by molar-refractivity contribution is 5.87. The van der Waals surface area contributed by atoms with Gasteiger partial charge in [0.05, 0.1) is 12.8 Å². The van der Waals surface area contributed by atoms with E-state index >= 15 is 0 Å². The molecular weight excluding hydrogens is 256 g/mol. The third kappa shape index (κ3) is 2.57. The summed E-state index contributed by atoms with van der Waals surface area (Å²) in [7, 11) is 0. The van der Waals surface area contributed by atoms with Gasteiger partial charge in [-0.05, 0) is 31.4 Å². The van der Waals surface area contributed by atoms with Gasteiger partial charge in [-0.15, -0.1) is 0 Å². The maximum Gasteiger partial charge on any atom is 0.237 e. The molecule has 108 valence electrons. The Morgan fingerprint density at radius 3 is 2.70 bits per heavy atom. The summed E-state index contributed by atoms with van der Waals surface area (Å²) in [6.07, 6.45) is 6.66. The summed E-state index contributed by atoms with van der Waals surface area (Å²) in [5.74, 6) is 0.640. The van der Waals surface area contributed by atoms with Crippen molar-refractivity contribution in [2.75, 3.05) is 6.54 Å². The highest BCUT2D eigenvalue weighted by Gasteiger charge is 2.48. The molecule has 0 bridgehead atoms. The Balaban J connectivity index is 1.68. The monoisotopic (exact) mass is 276 g/mol. The van der Waals surface area contributed by atoms with Crippen molar-refractivity contribution >= 4 is 11.8 Å². The molecule has 0 aliphatic heterocycles. The van der Waals surface area contributed by atoms with Crippen molar-refractivity contribution < 1.29 is 14.0 Å². The number of carbonyl (C=O) groups is 2. The molecule has 2 saturated carbocycles. The Kier molecular flexibility index (Phi) is 3.51. The molecule has 0 saturated heterocycles. The molecule has 2 N–H and O–H groups in total. The minimum absolute atomic E-state index is 0.0406. The molecule has 5 heteroatoms. The van der Waals surface area contributed by atoms with Gasteiger partial charge in [0.25, 0.3) is 0 Å². The number of furan rings is 1. The first kappa shape index (κ1) is 13.2. The van der Waals surface area contributed by atoms with E-state index in [0.29, 0.717) is 0 Å². The summed E-state index contributed by atoms with van der Waals surface area (Å²) in [5, 5.41) is 0. The average Bonchev–Trinajstić information content (AvgIpc) is 2.87. The molecule has 1 heterocycles. The summed E-state index contributed by atoms with van der Waals surface area (Å²) >= 11 is 0. The van der Waals surface area contributed by atoms with E-state index in [1.807, 2.05) is 12.1 Å². The van der Waals surface area contributed by atoms with Gasteiger partial charge in [-0.3, -0.25) is 9.59 Å². The van der Waals surface area contributed by atoms with E-state index in [1.54, 1.807) is 11.2 Å². The van der Waals surface area contributed by atoms with Crippen molar-refractivity contribution in [2.24, 2.45) is 11.7 Å². The van der Waals surface area contributed by atoms with Crippen LogP contribution in [-0.4, -0.2) is 29.3 Å². The Labute approximate surface area is 118 Å². The van der Waals surface area contributed by atoms with Crippen LogP contribution in [0.25, 0.3) is 0 Å². The number of rotatable bonds is 5. The molecule has 5 nitrogen and oxygen atoms in total. The molecule has 1 aromatic heterocycles. The molecule has 2 amide bonds. The third-order valence-electron chi connectivity index (χ3n) is 4.39. The lowest BCUT2D eigenvalue weighted by Crippen LogP contribution is -2.45. The zero-order chi connectivity index (χ0) is 14.1. The topological polar surface area (TPSA) is 76.5 Å². The van der Waals surface area contributed by atoms with Crippen LogP contribution in [-0.2, 0) is 9.59 Å². The zero-order valence-corrected chi connectivity index (χ0v) is 11.5. The largest absolute Gasteiger partial charge is 0.469 e. The lowest BCUT2D eigenvalue weighted by Gasteiger charge is -2.28. The van der Waals surface area contributed by atoms with E-state index in [2.05, 4.69) is 0 Å². The van der Waals surface area contributed by atoms with Crippen molar-refractivity contribution in [1.29, 1.82) is 0 Å². The smallest absolute Gasteiger partial charge is 0.237 e. The van der Waals surface area contributed by atoms with Gasteiger partial charge in [-0.1, -0.05) is 12.8 Å². The number of hydrogen-bond donors (Lipinski definition) is 1. The molecule has 2 fully saturated rings. The van der Waals surface area contributed by atoms with Crippen LogP contribution in [0, 0.1) is 5.92 Å². The molecule has 0 unspecified atom stereocenters. The second-order valence-electron chi connectivity index (χ2n) is 5.83. The van der Waals surface area contributed by atoms with Gasteiger partial charge in [0.1, 0.15) is 5.76 Å². The maximum atomic E-state index is 12.6. The average molecular weight is 276 g/mol. The molecule has 0 aromatic carbocycles. The van der Waals surface area contributed by atoms with Gasteiger partial charge in [-0.25, -0.2) is 0 Å². The van der Waals surface area contributed by atoms with E-state index < -0.39 is 5.91 Å². The van der Waals surface area contributed by atoms with Crippen LogP contribution in [0.3, 0.4) is 0 Å². The molecule has 2 aliphatic rings. The summed E-state index contributed by atoms with van der Waals surface area (Å²) in [4.78, 5) is 25.6. The molecular formula is C15H20N2O3. The Bertz CT molecular complexity index is 491. The molecule has 0 radical (unpaired) electrons. The normalized spacial score (nSPS) is 25.6. The number of amides is 2. The minimum Gasteiger partial charge on any atom is -0.469 e. The highest BCUT2D eigenvalue weighted by atomic mass is 16.3. The van der Waals surface area contributed by atoms with Gasteiger partial charge in [0.2, 0.25) is 11.8 Å². The molecule has 3 rings (SSSR count). The van der Waals surface area contributed by atoms with Gasteiger partial charge in [0, 0.05) is 17.9 Å². The maximum absolute atomic E-state index is 12.6. The summed E-state index contributed by atoms with van der Waals surface area (Å²) in [6, 6.07) is 3.94. The first-order valence-corrected chi connectivity index (χ1v) is 7.29. The fraction of sp³-hybridized carbons (Fsp3) is 0.600. The Morgan fingerprint density at radius 1 is 1.35 bits per heavy atom. The van der Waals surface area contributed by atoms with Crippen LogP contribution in [0.15, 0.2) is 22.8 Å². The van der Waals surface area contributed by atoms with Crippen LogP contribution in [0.1, 0.15) is 43.8 Å². The molecule has 20 heavy (non-hydrogen) atoms. The van der Waals surface area contributed by atoms with Crippen LogP contribution < -0.4 is 5.73 Å². The molecule has 0 spiro atoms. The first-order chi connectivity index (χ1) is 9.66. The number of primary amides is 1. The standard InChI is InChI=1S/C15H20N2O3/c16-14(18)9-17(10-4-1-2-5-10)15(19)12-8-11(12)13-6-3-7-20-13/h3,6-7,10-12H,1-2,4-5,8-9H2,(H2,16,18)/t11-,12-/m0/s1. The predicted molar refractivity (Wildman–Crippen MR) is 72.7 cm³/mol. The quantitative estimate of drug-likeness (QED) is 0.888. The summed E-state index contributed by atoms with van der Waals surface area (Å²) in [6.45, 7) is 0.0465. The van der Waals surface area contributed by atoms with Crippen LogP contribution >= 0.6 is 0 Å². The zero-order valence-electron chi connectivity index (χ0n) is 11.5. The lowest BCUT2D eigenvalue weighted by atomic mass is 10.1. The number of hydrogen-bond acceptors (Lipinski definition) is 3. The van der Waals surface area contributed by atoms with Gasteiger partial charge >= 0.3 is 0 Å². The van der Waals surface area contributed by atoms with E-state index in [0.717, 1.165) is 37.9 Å². The number of nitrogens with zero attached hydrogens (tertiary/aromatic N) is 1. The van der Waals surface area contributed by atoms with Crippen LogP contribution in [0.5, 0.6) is 0 Å². The van der Waals surface area contributed by atoms with Crippen molar-refractivity contribution in [3.63, 3.8) is 0 Å². The van der Waals surface area contributed by atoms with Crippen molar-refractivity contribution in [1.82, 2.24) is 4.90 Å². The van der Waals surface area contributed by atoms with Crippen molar-refractivity contribution in [2.45, 2.75) is 44.1 Å². The highest BCUT2D eigenvalue weighted by Crippen LogP contribution is 2.49. The van der Waals surface area contributed by atoms with Crippen LogP contribution in [0.2, 0.25) is 0 Å². The van der Waals surface area contributed by atoms with E-state index in [1.165, 1.54) is 0 Å². The van der Waals surface area contributed by atoms with Gasteiger partial charge < -0.3 is 15.1 Å². The SMILES string of the molecule is NC(=O)CN(C(=O)[C@H]1C[C@@H]1c1ccco1)C1CCCC1. The molecule has 2 atom stereocenters. The van der Waals surface area contributed by atoms with E-state index in [4.69, 9.17) is 10.2 Å². The van der Waals surface area contributed by atoms with Gasteiger partial charge in [-0.2, -0.15) is 0 Å². The number of nitrogens with two attached hydrogens (primary N) is 1. The Morgan fingerprint density at radius 2 is 2.10 bits per heavy atom. The second-order valence-corrected chi connectivity index (χ2v) is 5.83. The van der Waals surface area contributed by atoms with Crippen molar-refractivity contribution in [3.05, 3.63) is 24.2 Å². The Hall–Kier alpha value is -1.78. The molecule has 2 aliphatic carbocycles. The fourth-order valence-electron chi connectivity index (χ4n) is 3.27. The lowest BCUT2D eigenvalue weighted by molar-refractivity contribution is -0.138. The second kappa shape index (κ2) is 5.31. The predicted octanol–water partition coefficient (Wildman–Crippen LogP) is 1.64. The van der Waals surface area contributed by atoms with E-state index in [9.17, 15) is 9.59 Å². The van der Waals surface area contributed by atoms with E-state index in [-0.39, 0.29) is 30.3 Å². The summed E-state index contributed by atoms with van der Waals surface area (Å²) < 4.78 is 5.36. The number of carbonyl (C=O) groups excluding carboxylic acids is 2. The van der Waals surface area contributed by atoms with Crippen LogP contribution in [0.4, 0.5) is 0 Å². The van der Waals surface area contributed by atoms with Gasteiger partial charge in [0.15, 0.2) is 0 Å². The first-order valence-electron chi connectivity index (χ1n) is 7.29. The minimum atomic E-state index is -0.430. The fourth-order valence-corrected chi connectivity index (χ4v) is 3.27.